The van der Waals surface area contributed by atoms with Gasteiger partial charge in [-0.3, -0.25) is 10.1 Å². The predicted octanol–water partition coefficient (Wildman–Crippen LogP) is 3.45. The largest absolute Gasteiger partial charge is 0.490 e. The summed E-state index contributed by atoms with van der Waals surface area (Å²) in [5, 5.41) is 14.4. The second kappa shape index (κ2) is 6.85. The Bertz CT molecular complexity index is 614. The molecule has 1 N–H and O–H groups in total. The Hall–Kier alpha value is -2.40. The van der Waals surface area contributed by atoms with Gasteiger partial charge in [-0.15, -0.1) is 0 Å². The maximum Gasteiger partial charge on any atom is 0.311 e. The molecule has 110 valence electrons. The van der Waals surface area contributed by atoms with Gasteiger partial charge in [0.05, 0.1) is 12.0 Å². The minimum Gasteiger partial charge on any atom is -0.490 e. The van der Waals surface area contributed by atoms with Crippen LogP contribution in [0.15, 0.2) is 48.5 Å². The van der Waals surface area contributed by atoms with E-state index in [9.17, 15) is 10.1 Å². The quantitative estimate of drug-likeness (QED) is 0.652. The molecule has 2 rings (SSSR count). The minimum atomic E-state index is -0.428. The van der Waals surface area contributed by atoms with Gasteiger partial charge in [0, 0.05) is 18.7 Å². The molecule has 5 heteroatoms. The van der Waals surface area contributed by atoms with Crippen molar-refractivity contribution in [2.45, 2.75) is 19.5 Å². The zero-order valence-corrected chi connectivity index (χ0v) is 12.1. The van der Waals surface area contributed by atoms with E-state index in [0.29, 0.717) is 6.54 Å². The maximum atomic E-state index is 11.0. The van der Waals surface area contributed by atoms with Gasteiger partial charge in [-0.05, 0) is 24.1 Å². The van der Waals surface area contributed by atoms with Crippen molar-refractivity contribution < 1.29 is 9.66 Å². The molecular formula is C16H18N2O3. The van der Waals surface area contributed by atoms with Crippen LogP contribution in [0.25, 0.3) is 0 Å². The predicted molar refractivity (Wildman–Crippen MR) is 81.3 cm³/mol. The lowest BCUT2D eigenvalue weighted by atomic mass is 10.1. The van der Waals surface area contributed by atoms with Crippen LogP contribution in [0.2, 0.25) is 0 Å². The smallest absolute Gasteiger partial charge is 0.311 e. The normalized spacial score (nSPS) is 11.9. The second-order valence-corrected chi connectivity index (χ2v) is 4.78. The molecule has 0 amide bonds. The summed E-state index contributed by atoms with van der Waals surface area (Å²) in [6.07, 6.45) is 0. The van der Waals surface area contributed by atoms with Gasteiger partial charge in [0.25, 0.3) is 0 Å². The number of nitro benzene ring substituents is 1. The van der Waals surface area contributed by atoms with Crippen LogP contribution in [0.3, 0.4) is 0 Å². The summed E-state index contributed by atoms with van der Waals surface area (Å²) in [5.74, 6) is 0.278. The fraction of sp³-hybridized carbons (Fsp3) is 0.250. The molecule has 1 unspecified atom stereocenters. The van der Waals surface area contributed by atoms with E-state index in [2.05, 4.69) is 12.2 Å². The number of nitro groups is 1. The van der Waals surface area contributed by atoms with E-state index in [4.69, 9.17) is 4.74 Å². The summed E-state index contributed by atoms with van der Waals surface area (Å²) >= 11 is 0. The van der Waals surface area contributed by atoms with Gasteiger partial charge in [-0.1, -0.05) is 36.4 Å². The van der Waals surface area contributed by atoms with Crippen LogP contribution in [0, 0.1) is 10.1 Å². The number of hydrogen-bond donors (Lipinski definition) is 1. The van der Waals surface area contributed by atoms with Crippen molar-refractivity contribution in [1.29, 1.82) is 0 Å². The van der Waals surface area contributed by atoms with Gasteiger partial charge in [0.1, 0.15) is 0 Å². The first kappa shape index (κ1) is 15.0. The minimum absolute atomic E-state index is 0.0100. The SMILES string of the molecule is COc1ccc(CNC(C)c2ccccc2)cc1[N+](=O)[O-]. The Morgan fingerprint density at radius 1 is 1.24 bits per heavy atom. The van der Waals surface area contributed by atoms with E-state index < -0.39 is 4.92 Å². The van der Waals surface area contributed by atoms with Crippen LogP contribution in [0.5, 0.6) is 5.75 Å². The number of nitrogens with one attached hydrogen (secondary N) is 1. The second-order valence-electron chi connectivity index (χ2n) is 4.78. The number of methoxy groups -OCH3 is 1. The summed E-state index contributed by atoms with van der Waals surface area (Å²) in [7, 11) is 1.43. The molecule has 0 aromatic heterocycles. The van der Waals surface area contributed by atoms with Crippen LogP contribution in [0.1, 0.15) is 24.1 Å². The number of ether oxygens (including phenoxy) is 1. The molecule has 0 aliphatic heterocycles. The Morgan fingerprint density at radius 2 is 1.95 bits per heavy atom. The summed E-state index contributed by atoms with van der Waals surface area (Å²) in [6, 6.07) is 15.2. The Kier molecular flexibility index (Phi) is 4.90. The first-order chi connectivity index (χ1) is 10.1. The summed E-state index contributed by atoms with van der Waals surface area (Å²) in [5.41, 5.74) is 2.02. The van der Waals surface area contributed by atoms with Crippen LogP contribution in [-0.2, 0) is 6.54 Å². The van der Waals surface area contributed by atoms with Crippen LogP contribution in [0.4, 0.5) is 5.69 Å². The third-order valence-electron chi connectivity index (χ3n) is 3.35. The van der Waals surface area contributed by atoms with E-state index in [0.717, 1.165) is 5.56 Å². The summed E-state index contributed by atoms with van der Waals surface area (Å²) in [6.45, 7) is 2.62. The van der Waals surface area contributed by atoms with Crippen molar-refractivity contribution in [1.82, 2.24) is 5.32 Å². The number of rotatable bonds is 6. The van der Waals surface area contributed by atoms with E-state index in [1.54, 1.807) is 12.1 Å². The lowest BCUT2D eigenvalue weighted by molar-refractivity contribution is -0.385. The summed E-state index contributed by atoms with van der Waals surface area (Å²) < 4.78 is 4.99. The highest BCUT2D eigenvalue weighted by Gasteiger charge is 2.15. The first-order valence-electron chi connectivity index (χ1n) is 6.71. The third-order valence-corrected chi connectivity index (χ3v) is 3.35. The van der Waals surface area contributed by atoms with E-state index in [1.165, 1.54) is 12.7 Å². The van der Waals surface area contributed by atoms with Gasteiger partial charge in [0.2, 0.25) is 0 Å². The molecule has 0 fully saturated rings. The summed E-state index contributed by atoms with van der Waals surface area (Å²) in [4.78, 5) is 10.6. The maximum absolute atomic E-state index is 11.0. The zero-order chi connectivity index (χ0) is 15.2. The monoisotopic (exact) mass is 286 g/mol. The van der Waals surface area contributed by atoms with Crippen LogP contribution in [-0.4, -0.2) is 12.0 Å². The molecular weight excluding hydrogens is 268 g/mol. The Morgan fingerprint density at radius 3 is 2.57 bits per heavy atom. The molecule has 0 aliphatic carbocycles. The zero-order valence-electron chi connectivity index (χ0n) is 12.1. The molecule has 1 atom stereocenters. The molecule has 2 aromatic carbocycles. The lowest BCUT2D eigenvalue weighted by Gasteiger charge is -2.14. The van der Waals surface area contributed by atoms with Crippen molar-refractivity contribution in [2.75, 3.05) is 7.11 Å². The van der Waals surface area contributed by atoms with Crippen molar-refractivity contribution >= 4 is 5.69 Å². The molecule has 0 heterocycles. The molecule has 0 saturated carbocycles. The average molecular weight is 286 g/mol. The van der Waals surface area contributed by atoms with Crippen molar-refractivity contribution in [3.63, 3.8) is 0 Å². The molecule has 0 spiro atoms. The topological polar surface area (TPSA) is 64.4 Å². The number of benzene rings is 2. The van der Waals surface area contributed by atoms with E-state index >= 15 is 0 Å². The highest BCUT2D eigenvalue weighted by Crippen LogP contribution is 2.27. The Balaban J connectivity index is 2.07. The molecule has 0 aliphatic rings. The fourth-order valence-electron chi connectivity index (χ4n) is 2.12. The van der Waals surface area contributed by atoms with E-state index in [-0.39, 0.29) is 17.5 Å². The Labute approximate surface area is 123 Å². The highest BCUT2D eigenvalue weighted by molar-refractivity contribution is 5.48. The first-order valence-corrected chi connectivity index (χ1v) is 6.71. The van der Waals surface area contributed by atoms with E-state index in [1.807, 2.05) is 36.4 Å². The van der Waals surface area contributed by atoms with Crippen molar-refractivity contribution in [3.8, 4) is 5.75 Å². The molecule has 2 aromatic rings. The lowest BCUT2D eigenvalue weighted by Crippen LogP contribution is -2.18. The van der Waals surface area contributed by atoms with Crippen molar-refractivity contribution in [3.05, 3.63) is 69.8 Å². The highest BCUT2D eigenvalue weighted by atomic mass is 16.6. The van der Waals surface area contributed by atoms with Crippen molar-refractivity contribution in [2.24, 2.45) is 0 Å². The number of nitrogens with zero attached hydrogens (tertiary/aromatic N) is 1. The average Bonchev–Trinajstić information content (AvgIpc) is 2.53. The van der Waals surface area contributed by atoms with Gasteiger partial charge in [-0.2, -0.15) is 0 Å². The van der Waals surface area contributed by atoms with Crippen LogP contribution < -0.4 is 10.1 Å². The van der Waals surface area contributed by atoms with Gasteiger partial charge in [-0.25, -0.2) is 0 Å². The number of hydrogen-bond acceptors (Lipinski definition) is 4. The van der Waals surface area contributed by atoms with Gasteiger partial charge >= 0.3 is 5.69 Å². The third kappa shape index (κ3) is 3.79. The molecule has 0 radical (unpaired) electrons. The molecule has 0 bridgehead atoms. The molecule has 21 heavy (non-hydrogen) atoms. The van der Waals surface area contributed by atoms with Gasteiger partial charge in [0.15, 0.2) is 5.75 Å². The molecule has 0 saturated heterocycles. The fourth-order valence-corrected chi connectivity index (χ4v) is 2.12. The molecule has 5 nitrogen and oxygen atoms in total. The van der Waals surface area contributed by atoms with Gasteiger partial charge < -0.3 is 10.1 Å². The van der Waals surface area contributed by atoms with Crippen LogP contribution >= 0.6 is 0 Å². The standard InChI is InChI=1S/C16H18N2O3/c1-12(14-6-4-3-5-7-14)17-11-13-8-9-16(21-2)15(10-13)18(19)20/h3-10,12,17H,11H2,1-2H3.